The molecule has 2 heteroatoms. The number of benzene rings is 6. The minimum atomic E-state index is 0.983. The summed E-state index contributed by atoms with van der Waals surface area (Å²) in [5.41, 5.74) is 13.5. The Morgan fingerprint density at radius 2 is 1.13 bits per heavy atom. The number of nitrogens with zero attached hydrogens (tertiary/aromatic N) is 1. The fourth-order valence-corrected chi connectivity index (χ4v) is 7.13. The zero-order valence-electron chi connectivity index (χ0n) is 27.2. The zero-order chi connectivity index (χ0) is 31.9. The molecule has 47 heavy (non-hydrogen) atoms. The van der Waals surface area contributed by atoms with Gasteiger partial charge in [0.2, 0.25) is 0 Å². The summed E-state index contributed by atoms with van der Waals surface area (Å²) in [5.74, 6) is 0. The van der Waals surface area contributed by atoms with Crippen LogP contribution in [-0.2, 0) is 0 Å². The summed E-state index contributed by atoms with van der Waals surface area (Å²) in [6.45, 7) is 6.73. The van der Waals surface area contributed by atoms with Crippen molar-refractivity contribution in [2.45, 2.75) is 33.6 Å². The maximum atomic E-state index is 3.92. The summed E-state index contributed by atoms with van der Waals surface area (Å²) in [5, 5.41) is 6.36. The third kappa shape index (κ3) is 4.98. The quantitative estimate of drug-likeness (QED) is 0.194. The van der Waals surface area contributed by atoms with Crippen molar-refractivity contribution in [1.29, 1.82) is 0 Å². The highest BCUT2D eigenvalue weighted by atomic mass is 15.0. The van der Waals surface area contributed by atoms with Crippen molar-refractivity contribution in [2.75, 3.05) is 0 Å². The molecule has 8 aromatic rings. The molecule has 8 rings (SSSR count). The number of aromatic nitrogens is 2. The van der Waals surface area contributed by atoms with Gasteiger partial charge in [-0.2, -0.15) is 0 Å². The minimum absolute atomic E-state index is 0.983. The summed E-state index contributed by atoms with van der Waals surface area (Å²) in [7, 11) is 0. The van der Waals surface area contributed by atoms with Gasteiger partial charge in [-0.25, -0.2) is 0 Å². The molecule has 0 saturated carbocycles. The third-order valence-corrected chi connectivity index (χ3v) is 9.62. The fourth-order valence-electron chi connectivity index (χ4n) is 7.13. The van der Waals surface area contributed by atoms with Crippen molar-refractivity contribution >= 4 is 44.4 Å². The number of fused-ring (bicyclic) bond motifs is 4. The first-order valence-electron chi connectivity index (χ1n) is 16.7. The molecule has 0 amide bonds. The van der Waals surface area contributed by atoms with Gasteiger partial charge in [-0.05, 0) is 102 Å². The Morgan fingerprint density at radius 1 is 0.574 bits per heavy atom. The molecule has 0 fully saturated rings. The molecule has 2 aromatic heterocycles. The minimum Gasteiger partial charge on any atom is -0.354 e. The van der Waals surface area contributed by atoms with E-state index < -0.39 is 0 Å². The van der Waals surface area contributed by atoms with Crippen LogP contribution in [0.2, 0.25) is 0 Å². The van der Waals surface area contributed by atoms with Crippen molar-refractivity contribution in [1.82, 2.24) is 9.55 Å². The molecular weight excluding hydrogens is 569 g/mol. The summed E-state index contributed by atoms with van der Waals surface area (Å²) in [6.07, 6.45) is 4.37. The Morgan fingerprint density at radius 3 is 1.74 bits per heavy atom. The van der Waals surface area contributed by atoms with Gasteiger partial charge in [-0.1, -0.05) is 111 Å². The van der Waals surface area contributed by atoms with E-state index >= 15 is 0 Å². The van der Waals surface area contributed by atoms with Crippen LogP contribution >= 0.6 is 0 Å². The number of nitrogens with one attached hydrogen (secondary N) is 1. The molecule has 0 aliphatic carbocycles. The largest absolute Gasteiger partial charge is 0.354 e. The van der Waals surface area contributed by atoms with Crippen LogP contribution in [0.1, 0.15) is 33.6 Å². The second kappa shape index (κ2) is 12.0. The Kier molecular flexibility index (Phi) is 7.34. The van der Waals surface area contributed by atoms with Crippen LogP contribution in [0.4, 0.5) is 0 Å². The lowest BCUT2D eigenvalue weighted by Crippen LogP contribution is -2.24. The number of hydrogen-bond donors (Lipinski definition) is 1. The summed E-state index contributed by atoms with van der Waals surface area (Å²) in [6, 6.07) is 50.9. The maximum Gasteiger partial charge on any atom is 0.0544 e. The molecule has 0 unspecified atom stereocenters. The number of rotatable bonds is 6. The summed E-state index contributed by atoms with van der Waals surface area (Å²) < 4.78 is 2.40. The molecule has 0 spiro atoms. The van der Waals surface area contributed by atoms with E-state index in [2.05, 4.69) is 176 Å². The van der Waals surface area contributed by atoms with Crippen LogP contribution in [0.3, 0.4) is 0 Å². The second-order valence-corrected chi connectivity index (χ2v) is 12.5. The van der Waals surface area contributed by atoms with Gasteiger partial charge in [-0.3, -0.25) is 0 Å². The van der Waals surface area contributed by atoms with Gasteiger partial charge < -0.3 is 9.55 Å². The first-order chi connectivity index (χ1) is 23.1. The predicted octanol–water partition coefficient (Wildman–Crippen LogP) is 11.0. The Balaban J connectivity index is 1.46. The van der Waals surface area contributed by atoms with E-state index in [1.165, 1.54) is 87.9 Å². The van der Waals surface area contributed by atoms with Crippen molar-refractivity contribution < 1.29 is 0 Å². The predicted molar refractivity (Wildman–Crippen MR) is 202 cm³/mol. The molecule has 0 radical (unpaired) electrons. The third-order valence-electron chi connectivity index (χ3n) is 9.62. The standard InChI is InChI=1S/C45H38N2/c1-4-15-37-41-29-35(32-18-11-7-12-19-32)28-38(45(41)46-44(37)30(3)5-2)34-23-25-43-40(27-34)39-26-33(31-16-9-6-10-17-31)22-24-42(39)47(43)36-20-13-8-14-21-36/h6-29,46H,4-5H2,1-3H3. The van der Waals surface area contributed by atoms with Gasteiger partial charge in [0, 0.05) is 38.0 Å². The van der Waals surface area contributed by atoms with Crippen LogP contribution in [0, 0.1) is 0 Å². The topological polar surface area (TPSA) is 20.7 Å². The number of para-hydroxylation sites is 1. The molecule has 2 nitrogen and oxygen atoms in total. The summed E-state index contributed by atoms with van der Waals surface area (Å²) >= 11 is 0. The highest BCUT2D eigenvalue weighted by molar-refractivity contribution is 6.12. The number of aromatic amines is 1. The molecular formula is C45H38N2. The van der Waals surface area contributed by atoms with Gasteiger partial charge in [0.15, 0.2) is 0 Å². The Hall–Kier alpha value is -5.60. The molecule has 0 saturated heterocycles. The monoisotopic (exact) mass is 606 g/mol. The lowest BCUT2D eigenvalue weighted by atomic mass is 9.94. The van der Waals surface area contributed by atoms with Crippen LogP contribution in [0.5, 0.6) is 0 Å². The van der Waals surface area contributed by atoms with Gasteiger partial charge in [0.25, 0.3) is 0 Å². The van der Waals surface area contributed by atoms with Gasteiger partial charge in [0.1, 0.15) is 0 Å². The molecule has 0 atom stereocenters. The first kappa shape index (κ1) is 28.8. The van der Waals surface area contributed by atoms with E-state index in [1.807, 2.05) is 0 Å². The van der Waals surface area contributed by atoms with E-state index in [4.69, 9.17) is 0 Å². The van der Waals surface area contributed by atoms with E-state index in [0.29, 0.717) is 0 Å². The molecule has 228 valence electrons. The Bertz CT molecular complexity index is 2520. The second-order valence-electron chi connectivity index (χ2n) is 12.5. The van der Waals surface area contributed by atoms with Gasteiger partial charge in [-0.15, -0.1) is 0 Å². The SMILES string of the molecule is CCC=c1c(=C(C)CC)[nH]c2c(-c3ccc4c(c3)c3cc(-c5ccccc5)ccc3n4-c3ccccc3)cc(-c3ccccc3)cc12. The van der Waals surface area contributed by atoms with E-state index in [9.17, 15) is 0 Å². The number of H-pyrrole nitrogens is 1. The van der Waals surface area contributed by atoms with Crippen LogP contribution in [0.25, 0.3) is 83.4 Å². The van der Waals surface area contributed by atoms with Gasteiger partial charge in [0.05, 0.1) is 16.6 Å². The van der Waals surface area contributed by atoms with Crippen molar-refractivity contribution in [2.24, 2.45) is 0 Å². The lowest BCUT2D eigenvalue weighted by molar-refractivity contribution is 1.17. The lowest BCUT2D eigenvalue weighted by Gasteiger charge is -2.11. The highest BCUT2D eigenvalue weighted by Gasteiger charge is 2.17. The van der Waals surface area contributed by atoms with Crippen LogP contribution in [-0.4, -0.2) is 9.55 Å². The van der Waals surface area contributed by atoms with Crippen molar-refractivity contribution in [3.8, 4) is 39.1 Å². The van der Waals surface area contributed by atoms with E-state index in [1.54, 1.807) is 0 Å². The number of hydrogen-bond acceptors (Lipinski definition) is 0. The molecule has 1 N–H and O–H groups in total. The molecule has 2 heterocycles. The van der Waals surface area contributed by atoms with E-state index in [-0.39, 0.29) is 0 Å². The molecule has 0 aliphatic heterocycles. The average Bonchev–Trinajstić information content (AvgIpc) is 3.67. The Labute approximate surface area is 276 Å². The van der Waals surface area contributed by atoms with E-state index in [0.717, 1.165) is 12.8 Å². The van der Waals surface area contributed by atoms with Crippen molar-refractivity contribution in [3.05, 3.63) is 150 Å². The average molecular weight is 607 g/mol. The maximum absolute atomic E-state index is 3.92. The first-order valence-corrected chi connectivity index (χ1v) is 16.7. The van der Waals surface area contributed by atoms with Gasteiger partial charge >= 0.3 is 0 Å². The molecule has 0 bridgehead atoms. The molecule has 0 aliphatic rings. The highest BCUT2D eigenvalue weighted by Crippen LogP contribution is 2.39. The van der Waals surface area contributed by atoms with Crippen molar-refractivity contribution in [3.63, 3.8) is 0 Å². The summed E-state index contributed by atoms with van der Waals surface area (Å²) in [4.78, 5) is 3.92. The normalized spacial score (nSPS) is 12.8. The molecule has 6 aromatic carbocycles. The smallest absolute Gasteiger partial charge is 0.0544 e. The van der Waals surface area contributed by atoms with Crippen LogP contribution in [0.15, 0.2) is 140 Å². The van der Waals surface area contributed by atoms with Crippen LogP contribution < -0.4 is 10.6 Å². The zero-order valence-corrected chi connectivity index (χ0v) is 27.2. The fraction of sp³-hybridized carbons (Fsp3) is 0.111.